The predicted molar refractivity (Wildman–Crippen MR) is 99.6 cm³/mol. The summed E-state index contributed by atoms with van der Waals surface area (Å²) < 4.78 is 46.7. The van der Waals surface area contributed by atoms with Crippen LogP contribution in [0.4, 0.5) is 18.0 Å². The SMILES string of the molecule is COCC1(NC(=O)NCc2ccnc(OCC(F)(F)F)c2)Cc2ccccc2C1. The van der Waals surface area contributed by atoms with Crippen LogP contribution in [0, 0.1) is 0 Å². The van der Waals surface area contributed by atoms with Crippen LogP contribution >= 0.6 is 0 Å². The van der Waals surface area contributed by atoms with E-state index < -0.39 is 18.3 Å². The molecule has 0 bridgehead atoms. The van der Waals surface area contributed by atoms with Gasteiger partial charge in [0.05, 0.1) is 12.1 Å². The lowest BCUT2D eigenvalue weighted by molar-refractivity contribution is -0.154. The number of carbonyl (C=O) groups excluding carboxylic acids is 1. The normalized spacial score (nSPS) is 14.9. The summed E-state index contributed by atoms with van der Waals surface area (Å²) in [5.41, 5.74) is 2.38. The highest BCUT2D eigenvalue weighted by molar-refractivity contribution is 5.75. The van der Waals surface area contributed by atoms with Crippen LogP contribution in [0.3, 0.4) is 0 Å². The highest BCUT2D eigenvalue weighted by atomic mass is 19.4. The molecule has 2 N–H and O–H groups in total. The van der Waals surface area contributed by atoms with E-state index in [0.29, 0.717) is 25.0 Å². The van der Waals surface area contributed by atoms with Crippen LogP contribution in [0.1, 0.15) is 16.7 Å². The molecule has 0 unspecified atom stereocenters. The summed E-state index contributed by atoms with van der Waals surface area (Å²) in [4.78, 5) is 16.2. The van der Waals surface area contributed by atoms with Gasteiger partial charge >= 0.3 is 12.2 Å². The molecule has 1 aromatic heterocycles. The monoisotopic (exact) mass is 409 g/mol. The van der Waals surface area contributed by atoms with E-state index >= 15 is 0 Å². The van der Waals surface area contributed by atoms with Crippen molar-refractivity contribution in [2.45, 2.75) is 31.1 Å². The van der Waals surface area contributed by atoms with E-state index in [9.17, 15) is 18.0 Å². The molecule has 1 aliphatic carbocycles. The summed E-state index contributed by atoms with van der Waals surface area (Å²) in [6.45, 7) is -0.940. The molecule has 0 atom stereocenters. The van der Waals surface area contributed by atoms with Gasteiger partial charge in [-0.1, -0.05) is 24.3 Å². The number of nitrogens with one attached hydrogen (secondary N) is 2. The fourth-order valence-corrected chi connectivity index (χ4v) is 3.46. The van der Waals surface area contributed by atoms with Gasteiger partial charge in [0.1, 0.15) is 0 Å². The van der Waals surface area contributed by atoms with Crippen LogP contribution in [-0.4, -0.2) is 43.1 Å². The Morgan fingerprint density at radius 2 is 1.90 bits per heavy atom. The van der Waals surface area contributed by atoms with Crippen molar-refractivity contribution in [1.82, 2.24) is 15.6 Å². The van der Waals surface area contributed by atoms with E-state index in [-0.39, 0.29) is 18.5 Å². The molecule has 1 heterocycles. The number of aromatic nitrogens is 1. The molecule has 2 aromatic rings. The quantitative estimate of drug-likeness (QED) is 0.738. The highest BCUT2D eigenvalue weighted by Crippen LogP contribution is 2.30. The van der Waals surface area contributed by atoms with Crippen molar-refractivity contribution >= 4 is 6.03 Å². The molecule has 1 aromatic carbocycles. The van der Waals surface area contributed by atoms with E-state index in [1.807, 2.05) is 24.3 Å². The van der Waals surface area contributed by atoms with E-state index in [4.69, 9.17) is 4.74 Å². The minimum atomic E-state index is -4.44. The molecule has 29 heavy (non-hydrogen) atoms. The Bertz CT molecular complexity index is 833. The van der Waals surface area contributed by atoms with Crippen molar-refractivity contribution in [3.63, 3.8) is 0 Å². The van der Waals surface area contributed by atoms with Gasteiger partial charge in [-0.05, 0) is 35.6 Å². The number of amides is 2. The van der Waals surface area contributed by atoms with Crippen molar-refractivity contribution in [2.75, 3.05) is 20.3 Å². The van der Waals surface area contributed by atoms with Crippen molar-refractivity contribution in [3.8, 4) is 5.88 Å². The lowest BCUT2D eigenvalue weighted by Gasteiger charge is -2.29. The number of alkyl halides is 3. The molecule has 6 nitrogen and oxygen atoms in total. The third kappa shape index (κ3) is 5.83. The fourth-order valence-electron chi connectivity index (χ4n) is 3.46. The molecule has 2 amide bonds. The molecule has 156 valence electrons. The first-order valence-electron chi connectivity index (χ1n) is 9.05. The Kier molecular flexibility index (Phi) is 6.26. The molecule has 0 saturated heterocycles. The third-order valence-corrected chi connectivity index (χ3v) is 4.61. The maximum Gasteiger partial charge on any atom is 0.422 e. The van der Waals surface area contributed by atoms with Crippen molar-refractivity contribution in [1.29, 1.82) is 0 Å². The number of pyridine rings is 1. The number of nitrogens with zero attached hydrogens (tertiary/aromatic N) is 1. The van der Waals surface area contributed by atoms with Crippen LogP contribution in [0.25, 0.3) is 0 Å². The average Bonchev–Trinajstić information content (AvgIpc) is 3.02. The Hall–Kier alpha value is -2.81. The number of carbonyl (C=O) groups is 1. The van der Waals surface area contributed by atoms with Crippen molar-refractivity contribution in [2.24, 2.45) is 0 Å². The van der Waals surface area contributed by atoms with Gasteiger partial charge in [-0.3, -0.25) is 0 Å². The summed E-state index contributed by atoms with van der Waals surface area (Å²) in [5.74, 6) is -0.149. The van der Waals surface area contributed by atoms with Crippen LogP contribution in [0.5, 0.6) is 5.88 Å². The first kappa shape index (κ1) is 20.9. The van der Waals surface area contributed by atoms with E-state index in [2.05, 4.69) is 20.4 Å². The molecule has 9 heteroatoms. The molecule has 0 spiro atoms. The number of ether oxygens (including phenoxy) is 2. The van der Waals surface area contributed by atoms with Gasteiger partial charge in [-0.25, -0.2) is 9.78 Å². The highest BCUT2D eigenvalue weighted by Gasteiger charge is 2.38. The summed E-state index contributed by atoms with van der Waals surface area (Å²) in [6, 6.07) is 10.6. The molecule has 0 aliphatic heterocycles. The number of hydrogen-bond acceptors (Lipinski definition) is 4. The molecule has 1 aliphatic rings. The fraction of sp³-hybridized carbons (Fsp3) is 0.400. The van der Waals surface area contributed by atoms with E-state index in [0.717, 1.165) is 0 Å². The van der Waals surface area contributed by atoms with Gasteiger partial charge in [0.25, 0.3) is 0 Å². The van der Waals surface area contributed by atoms with Gasteiger partial charge in [0, 0.05) is 25.9 Å². The summed E-state index contributed by atoms with van der Waals surface area (Å²) in [7, 11) is 1.59. The van der Waals surface area contributed by atoms with Gasteiger partial charge in [-0.2, -0.15) is 13.2 Å². The van der Waals surface area contributed by atoms with Gasteiger partial charge in [-0.15, -0.1) is 0 Å². The largest absolute Gasteiger partial charge is 0.468 e. The average molecular weight is 409 g/mol. The molecular formula is C20H22F3N3O3. The predicted octanol–water partition coefficient (Wildman–Crippen LogP) is 3.01. The zero-order valence-corrected chi connectivity index (χ0v) is 15.9. The van der Waals surface area contributed by atoms with Crippen molar-refractivity contribution < 1.29 is 27.4 Å². The third-order valence-electron chi connectivity index (χ3n) is 4.61. The molecule has 0 saturated carbocycles. The summed E-state index contributed by atoms with van der Waals surface area (Å²) >= 11 is 0. The number of hydrogen-bond donors (Lipinski definition) is 2. The van der Waals surface area contributed by atoms with Gasteiger partial charge < -0.3 is 20.1 Å². The summed E-state index contributed by atoms with van der Waals surface area (Å²) in [5, 5.41) is 5.72. The minimum Gasteiger partial charge on any atom is -0.468 e. The Labute approximate surface area is 166 Å². The number of methoxy groups -OCH3 is 1. The molecule has 0 fully saturated rings. The maximum atomic E-state index is 12.5. The number of urea groups is 1. The molecule has 0 radical (unpaired) electrons. The smallest absolute Gasteiger partial charge is 0.422 e. The van der Waals surface area contributed by atoms with Gasteiger partial charge in [0.2, 0.25) is 5.88 Å². The number of halogens is 3. The lowest BCUT2D eigenvalue weighted by Crippen LogP contribution is -2.55. The second-order valence-corrected chi connectivity index (χ2v) is 7.05. The molecular weight excluding hydrogens is 387 g/mol. The van der Waals surface area contributed by atoms with E-state index in [1.54, 1.807) is 13.2 Å². The zero-order valence-electron chi connectivity index (χ0n) is 15.9. The standard InChI is InChI=1S/C20H22F3N3O3/c1-28-12-19(9-15-4-2-3-5-16(15)10-19)26-18(27)25-11-14-6-7-24-17(8-14)29-13-20(21,22)23/h2-8H,9-13H2,1H3,(H2,25,26,27). The van der Waals surface area contributed by atoms with Crippen molar-refractivity contribution in [3.05, 3.63) is 59.3 Å². The van der Waals surface area contributed by atoms with Gasteiger partial charge in [0.15, 0.2) is 6.61 Å². The lowest BCUT2D eigenvalue weighted by atomic mass is 9.97. The number of rotatable bonds is 7. The second kappa shape index (κ2) is 8.69. The Morgan fingerprint density at radius 1 is 1.21 bits per heavy atom. The second-order valence-electron chi connectivity index (χ2n) is 7.05. The zero-order chi connectivity index (χ0) is 20.9. The topological polar surface area (TPSA) is 72.5 Å². The Morgan fingerprint density at radius 3 is 2.52 bits per heavy atom. The number of fused-ring (bicyclic) bond motifs is 1. The first-order valence-corrected chi connectivity index (χ1v) is 9.05. The summed E-state index contributed by atoms with van der Waals surface area (Å²) in [6.07, 6.45) is -1.78. The number of benzene rings is 1. The van der Waals surface area contributed by atoms with Crippen LogP contribution in [0.15, 0.2) is 42.6 Å². The van der Waals surface area contributed by atoms with Crippen LogP contribution < -0.4 is 15.4 Å². The Balaban J connectivity index is 1.57. The van der Waals surface area contributed by atoms with Crippen LogP contribution in [0.2, 0.25) is 0 Å². The maximum absolute atomic E-state index is 12.5. The van der Waals surface area contributed by atoms with E-state index in [1.165, 1.54) is 23.4 Å². The minimum absolute atomic E-state index is 0.118. The molecule has 3 rings (SSSR count). The van der Waals surface area contributed by atoms with Crippen LogP contribution in [-0.2, 0) is 24.1 Å². The first-order chi connectivity index (χ1) is 13.8.